The van der Waals surface area contributed by atoms with Crippen LogP contribution >= 0.6 is 27.5 Å². The van der Waals surface area contributed by atoms with E-state index in [2.05, 4.69) is 35.1 Å². The van der Waals surface area contributed by atoms with Crippen molar-refractivity contribution in [1.82, 2.24) is 0 Å². The number of nitrogens with one attached hydrogen (secondary N) is 1. The summed E-state index contributed by atoms with van der Waals surface area (Å²) in [6.07, 6.45) is 0. The molecule has 0 heterocycles. The smallest absolute Gasteiger partial charge is 0.262 e. The Labute approximate surface area is 150 Å². The van der Waals surface area contributed by atoms with Gasteiger partial charge in [0, 0.05) is 10.7 Å². The van der Waals surface area contributed by atoms with E-state index in [0.717, 1.165) is 10.0 Å². The zero-order chi connectivity index (χ0) is 17.0. The van der Waals surface area contributed by atoms with Crippen molar-refractivity contribution < 1.29 is 9.53 Å². The lowest BCUT2D eigenvalue weighted by Crippen LogP contribution is -2.20. The molecule has 0 radical (unpaired) electrons. The number of carbonyl (C=O) groups is 1. The van der Waals surface area contributed by atoms with E-state index in [-0.39, 0.29) is 12.5 Å². The topological polar surface area (TPSA) is 38.3 Å². The van der Waals surface area contributed by atoms with Gasteiger partial charge in [-0.1, -0.05) is 37.6 Å². The third-order valence-corrected chi connectivity index (χ3v) is 4.31. The van der Waals surface area contributed by atoms with Gasteiger partial charge in [-0.2, -0.15) is 0 Å². The molecule has 2 aromatic rings. The highest BCUT2D eigenvalue weighted by atomic mass is 79.9. The Kier molecular flexibility index (Phi) is 6.08. The summed E-state index contributed by atoms with van der Waals surface area (Å²) in [5.41, 5.74) is 2.86. The molecule has 0 atom stereocenters. The average Bonchev–Trinajstić information content (AvgIpc) is 2.49. The van der Waals surface area contributed by atoms with Crippen molar-refractivity contribution in [2.24, 2.45) is 0 Å². The van der Waals surface area contributed by atoms with Crippen LogP contribution in [0.25, 0.3) is 0 Å². The van der Waals surface area contributed by atoms with E-state index in [1.807, 2.05) is 31.2 Å². The van der Waals surface area contributed by atoms with Gasteiger partial charge in [-0.3, -0.25) is 4.79 Å². The van der Waals surface area contributed by atoms with Crippen molar-refractivity contribution in [2.75, 3.05) is 11.9 Å². The van der Waals surface area contributed by atoms with E-state index >= 15 is 0 Å². The zero-order valence-corrected chi connectivity index (χ0v) is 15.7. The zero-order valence-electron chi connectivity index (χ0n) is 13.3. The first-order valence-corrected chi connectivity index (χ1v) is 8.52. The Morgan fingerprint density at radius 1 is 1.26 bits per heavy atom. The lowest BCUT2D eigenvalue weighted by Gasteiger charge is -2.12. The van der Waals surface area contributed by atoms with Crippen LogP contribution in [0.4, 0.5) is 5.69 Å². The van der Waals surface area contributed by atoms with Crippen molar-refractivity contribution >= 4 is 39.1 Å². The molecule has 0 fully saturated rings. The summed E-state index contributed by atoms with van der Waals surface area (Å²) in [5, 5.41) is 3.39. The summed E-state index contributed by atoms with van der Waals surface area (Å²) in [4.78, 5) is 12.0. The summed E-state index contributed by atoms with van der Waals surface area (Å²) in [7, 11) is 0. The average molecular weight is 397 g/mol. The first-order chi connectivity index (χ1) is 10.9. The number of rotatable bonds is 5. The molecule has 3 nitrogen and oxygen atoms in total. The maximum Gasteiger partial charge on any atom is 0.262 e. The van der Waals surface area contributed by atoms with Crippen molar-refractivity contribution in [2.45, 2.75) is 26.7 Å². The molecule has 2 rings (SSSR count). The second kappa shape index (κ2) is 7.84. The Morgan fingerprint density at radius 2 is 2.00 bits per heavy atom. The molecule has 2 aromatic carbocycles. The van der Waals surface area contributed by atoms with Gasteiger partial charge >= 0.3 is 0 Å². The number of amides is 1. The standard InChI is InChI=1S/C18H19BrClNO2/c1-11(2)13-5-7-17(15(19)8-13)23-10-18(22)21-16-9-14(20)6-4-12(16)3/h4-9,11H,10H2,1-3H3,(H,21,22). The lowest BCUT2D eigenvalue weighted by molar-refractivity contribution is -0.118. The molecular formula is C18H19BrClNO2. The summed E-state index contributed by atoms with van der Waals surface area (Å²) >= 11 is 9.42. The van der Waals surface area contributed by atoms with Crippen molar-refractivity contribution in [3.63, 3.8) is 0 Å². The van der Waals surface area contributed by atoms with Gasteiger partial charge < -0.3 is 10.1 Å². The van der Waals surface area contributed by atoms with Gasteiger partial charge in [-0.25, -0.2) is 0 Å². The molecule has 1 amide bonds. The quantitative estimate of drug-likeness (QED) is 0.719. The largest absolute Gasteiger partial charge is 0.483 e. The predicted molar refractivity (Wildman–Crippen MR) is 98.5 cm³/mol. The fourth-order valence-electron chi connectivity index (χ4n) is 2.05. The van der Waals surface area contributed by atoms with Gasteiger partial charge in [0.1, 0.15) is 5.75 Å². The van der Waals surface area contributed by atoms with E-state index in [1.165, 1.54) is 5.56 Å². The highest BCUT2D eigenvalue weighted by Gasteiger charge is 2.09. The van der Waals surface area contributed by atoms with Crippen molar-refractivity contribution in [3.8, 4) is 5.75 Å². The Balaban J connectivity index is 1.98. The number of hydrogen-bond donors (Lipinski definition) is 1. The van der Waals surface area contributed by atoms with Gasteiger partial charge in [0.2, 0.25) is 0 Å². The molecule has 0 aliphatic carbocycles. The third-order valence-electron chi connectivity index (χ3n) is 3.46. The molecule has 0 unspecified atom stereocenters. The Bertz CT molecular complexity index is 716. The number of hydrogen-bond acceptors (Lipinski definition) is 2. The van der Waals surface area contributed by atoms with E-state index in [0.29, 0.717) is 22.4 Å². The minimum atomic E-state index is -0.227. The number of anilines is 1. The van der Waals surface area contributed by atoms with Crippen LogP contribution < -0.4 is 10.1 Å². The first kappa shape index (κ1) is 17.8. The highest BCUT2D eigenvalue weighted by Crippen LogP contribution is 2.29. The maximum absolute atomic E-state index is 12.0. The van der Waals surface area contributed by atoms with Gasteiger partial charge in [0.15, 0.2) is 6.61 Å². The van der Waals surface area contributed by atoms with E-state index in [1.54, 1.807) is 12.1 Å². The normalized spacial score (nSPS) is 10.7. The molecule has 122 valence electrons. The number of carbonyl (C=O) groups excluding carboxylic acids is 1. The Hall–Kier alpha value is -1.52. The van der Waals surface area contributed by atoms with E-state index in [9.17, 15) is 4.79 Å². The van der Waals surface area contributed by atoms with Crippen molar-refractivity contribution in [3.05, 3.63) is 57.0 Å². The second-order valence-electron chi connectivity index (χ2n) is 5.64. The monoisotopic (exact) mass is 395 g/mol. The molecule has 23 heavy (non-hydrogen) atoms. The van der Waals surface area contributed by atoms with E-state index in [4.69, 9.17) is 16.3 Å². The molecule has 0 aliphatic heterocycles. The van der Waals surface area contributed by atoms with Crippen LogP contribution in [0.5, 0.6) is 5.75 Å². The number of ether oxygens (including phenoxy) is 1. The predicted octanol–water partition coefficient (Wildman–Crippen LogP) is 5.55. The fourth-order valence-corrected chi connectivity index (χ4v) is 2.73. The van der Waals surface area contributed by atoms with Gasteiger partial charge in [0.25, 0.3) is 5.91 Å². The van der Waals surface area contributed by atoms with Gasteiger partial charge in [-0.05, 0) is 64.2 Å². The van der Waals surface area contributed by atoms with Crippen LogP contribution in [0, 0.1) is 6.92 Å². The molecule has 0 saturated heterocycles. The minimum Gasteiger partial charge on any atom is -0.483 e. The molecule has 0 spiro atoms. The molecule has 1 N–H and O–H groups in total. The highest BCUT2D eigenvalue weighted by molar-refractivity contribution is 9.10. The summed E-state index contributed by atoms with van der Waals surface area (Å²) < 4.78 is 6.43. The molecular weight excluding hydrogens is 378 g/mol. The van der Waals surface area contributed by atoms with Crippen LogP contribution in [0.3, 0.4) is 0 Å². The maximum atomic E-state index is 12.0. The fraction of sp³-hybridized carbons (Fsp3) is 0.278. The summed E-state index contributed by atoms with van der Waals surface area (Å²) in [5.74, 6) is 0.858. The second-order valence-corrected chi connectivity index (χ2v) is 6.93. The van der Waals surface area contributed by atoms with Crippen LogP contribution in [0.2, 0.25) is 5.02 Å². The number of benzene rings is 2. The van der Waals surface area contributed by atoms with Crippen LogP contribution in [-0.2, 0) is 4.79 Å². The summed E-state index contributed by atoms with van der Waals surface area (Å²) in [6, 6.07) is 11.3. The van der Waals surface area contributed by atoms with Gasteiger partial charge in [0.05, 0.1) is 4.47 Å². The SMILES string of the molecule is Cc1ccc(Cl)cc1NC(=O)COc1ccc(C(C)C)cc1Br. The van der Waals surface area contributed by atoms with Crippen LogP contribution in [0.15, 0.2) is 40.9 Å². The molecule has 0 saturated carbocycles. The van der Waals surface area contributed by atoms with Gasteiger partial charge in [-0.15, -0.1) is 0 Å². The molecule has 0 aromatic heterocycles. The first-order valence-electron chi connectivity index (χ1n) is 7.35. The van der Waals surface area contributed by atoms with Crippen molar-refractivity contribution in [1.29, 1.82) is 0 Å². The Morgan fingerprint density at radius 3 is 2.65 bits per heavy atom. The molecule has 0 aliphatic rings. The molecule has 0 bridgehead atoms. The minimum absolute atomic E-state index is 0.0639. The van der Waals surface area contributed by atoms with E-state index < -0.39 is 0 Å². The number of aryl methyl sites for hydroxylation is 1. The third kappa shape index (κ3) is 4.98. The molecule has 5 heteroatoms. The van der Waals surface area contributed by atoms with Crippen LogP contribution in [-0.4, -0.2) is 12.5 Å². The lowest BCUT2D eigenvalue weighted by atomic mass is 10.0. The van der Waals surface area contributed by atoms with Crippen LogP contribution in [0.1, 0.15) is 30.9 Å². The number of halogens is 2. The summed E-state index contributed by atoms with van der Waals surface area (Å²) in [6.45, 7) is 6.10.